The highest BCUT2D eigenvalue weighted by Crippen LogP contribution is 2.45. The maximum atomic E-state index is 12.9. The molecule has 6 fully saturated rings. The summed E-state index contributed by atoms with van der Waals surface area (Å²) < 4.78 is 60.7. The van der Waals surface area contributed by atoms with Gasteiger partial charge < -0.3 is 93.3 Å². The van der Waals surface area contributed by atoms with E-state index in [0.717, 1.165) is 29.6 Å². The molecule has 0 aromatic carbocycles. The molecule has 125 heavy (non-hydrogen) atoms. The molecule has 9 aliphatic heterocycles. The summed E-state index contributed by atoms with van der Waals surface area (Å²) >= 11 is 0. The Morgan fingerprint density at radius 3 is 1.14 bits per heavy atom. The molecule has 6 saturated heterocycles. The SMILES string of the molecule is CC1=C/[C@H]2O[C@@H](C/C=C/C=C/C(=O)O[C@@H]3C[C@@H](/C=C/C\C=C\1)O[C@@H](C/C=C\CC(O)C(=O)O)[C@]3(C)CO)C[C@H](C)[C@H]2C.CC1=C/[C@H]2O[C@@H](C/C=C/C=C/C(=O)O[C@@H]3C[C@@H](/C=C/C\C=C\1)O[C@@H](C/C=C\CCO)[C@]3(C)CO)C[C@H](O)[C@H]2C.CCOC(=O)C(O)C/C=C\C[C@@H]1O[C@@H]2/C=C/C/C=C/C(C)=C\[C@H]3O[C@@H](C/C=C/C=C/C(=O)O[C@H](C2)[C@@]1(C)CO)C[C@H](O)[C@H]3C. The monoisotopic (exact) mass is 1740 g/mol. The molecule has 2 unspecified atom stereocenters. The maximum absolute atomic E-state index is 12.9. The van der Waals surface area contributed by atoms with E-state index in [1.165, 1.54) is 18.2 Å². The zero-order chi connectivity index (χ0) is 91.1. The highest BCUT2D eigenvalue weighted by Gasteiger charge is 2.52. The molecule has 0 saturated carbocycles. The van der Waals surface area contributed by atoms with Crippen molar-refractivity contribution in [2.24, 2.45) is 39.9 Å². The third-order valence-corrected chi connectivity index (χ3v) is 25.3. The summed E-state index contributed by atoms with van der Waals surface area (Å²) in [5.74, 6) is -2.50. The van der Waals surface area contributed by atoms with Gasteiger partial charge in [0, 0.05) is 81.6 Å². The Bertz CT molecular complexity index is 3950. The number of carboxylic acids is 1. The van der Waals surface area contributed by atoms with Gasteiger partial charge in [0.05, 0.1) is 128 Å². The Morgan fingerprint density at radius 2 is 0.792 bits per heavy atom. The van der Waals surface area contributed by atoms with Crippen LogP contribution in [0.15, 0.2) is 217 Å². The zero-order valence-corrected chi connectivity index (χ0v) is 75.2. The molecule has 0 amide bonds. The molecule has 0 radical (unpaired) electrons. The summed E-state index contributed by atoms with van der Waals surface area (Å²) in [6.45, 7) is 21.5. The Labute approximate surface area is 741 Å². The second kappa shape index (κ2) is 53.8. The predicted molar refractivity (Wildman–Crippen MR) is 481 cm³/mol. The van der Waals surface area contributed by atoms with Crippen LogP contribution in [0.5, 0.6) is 0 Å². The maximum Gasteiger partial charge on any atom is 0.335 e. The summed E-state index contributed by atoms with van der Waals surface area (Å²) in [7, 11) is 0. The first-order valence-corrected chi connectivity index (χ1v) is 45.0. The second-order valence-electron chi connectivity index (χ2n) is 35.3. The van der Waals surface area contributed by atoms with Gasteiger partial charge in [-0.3, -0.25) is 0 Å². The first-order valence-electron chi connectivity index (χ1n) is 45.0. The normalized spacial score (nSPS) is 39.7. The summed E-state index contributed by atoms with van der Waals surface area (Å²) in [5, 5.41) is 90.0. The van der Waals surface area contributed by atoms with Gasteiger partial charge in [0.1, 0.15) is 18.3 Å². The van der Waals surface area contributed by atoms with Gasteiger partial charge in [-0.05, 0) is 110 Å². The van der Waals surface area contributed by atoms with E-state index in [4.69, 9.17) is 57.6 Å². The first kappa shape index (κ1) is 104. The van der Waals surface area contributed by atoms with Crippen LogP contribution in [0, 0.1) is 39.9 Å². The van der Waals surface area contributed by atoms with E-state index in [1.54, 1.807) is 61.6 Å². The highest BCUT2D eigenvalue weighted by atomic mass is 16.6. The van der Waals surface area contributed by atoms with Crippen molar-refractivity contribution in [3.05, 3.63) is 217 Å². The van der Waals surface area contributed by atoms with E-state index in [9.17, 15) is 59.7 Å². The minimum atomic E-state index is -1.48. The van der Waals surface area contributed by atoms with Crippen molar-refractivity contribution in [3.8, 4) is 0 Å². The lowest BCUT2D eigenvalue weighted by molar-refractivity contribution is -0.199. The third kappa shape index (κ3) is 33.6. The number of hydrogen-bond donors (Lipinski definition) is 9. The third-order valence-electron chi connectivity index (χ3n) is 25.3. The average Bonchev–Trinajstić information content (AvgIpc) is 0.785. The molecule has 0 aromatic heterocycles. The topological polar surface area (TPSA) is 360 Å². The number of carbonyl (C=O) groups is 5. The van der Waals surface area contributed by atoms with Gasteiger partial charge in [-0.25, -0.2) is 24.0 Å². The molecular weight excluding hydrogens is 1600 g/mol. The molecular formula is C101H144O24. The highest BCUT2D eigenvalue weighted by molar-refractivity contribution is 5.83. The van der Waals surface area contributed by atoms with Gasteiger partial charge in [-0.15, -0.1) is 0 Å². The number of ether oxygens (including phenoxy) is 10. The van der Waals surface area contributed by atoms with Crippen LogP contribution in [0.3, 0.4) is 0 Å². The fraction of sp³-hybridized carbons (Fsp3) is 0.594. The van der Waals surface area contributed by atoms with E-state index in [-0.39, 0.29) is 119 Å². The summed E-state index contributed by atoms with van der Waals surface area (Å²) in [5.41, 5.74) is 0.727. The average molecular weight is 1740 g/mol. The van der Waals surface area contributed by atoms with E-state index >= 15 is 0 Å². The molecule has 0 aromatic rings. The number of aliphatic hydroxyl groups is 8. The standard InChI is InChI=1S/C35H50O9.C34H48O8.C32H46O7/c1-5-41-34(40)28(37)17-12-13-18-31-35(4,23-36)32-22-27(43-31)16-9-6-8-14-24(2)20-30-25(3)29(38)21-26(42-30)15-10-7-11-19-33(39)44-32;1-23-13-7-5-8-15-27-21-31(34(4,22-35)30(41-27)17-12-11-16-28(36)33(38)39)42-32(37)18-10-6-9-14-26-20-24(2)25(3)29(19-23)40-26;1-23-13-7-4-8-15-26-21-30(32(3,22-34)29(38-26)16-10-6-12-18-33)39-31(36)17-11-5-9-14-25-20-27(35)24(2)28(19-23)37-25/h7-14,16,19-20,25-32,36-38H,5-6,15,17-18,21-23H2,1-4H3;6-13,15,18-19,24-31,35-36H,5,14,16-17,20-22H2,1-4H3,(H,38,39);5-11,13,15,17,19,24-30,33-35H,4,12,14,16,18,20-22H2,1-3H3/b10-7+,13-12-,14-8+,16-9+,19-11+,24-20-;9-6+,12-11-,13-7+,15-8+,18-10+,23-19-;9-5+,10-6-,13-7+,15-8+,17-11+,23-19-/t25-,26+,27-,28?,29+,30-,31+,32-,35+;24-,25+,26-,27+,28?,29+,30-,31+,34-;24-,25+,26-,27+,28-,29+,30-,32+/m101/s1. The van der Waals surface area contributed by atoms with Crippen molar-refractivity contribution in [1.82, 2.24) is 0 Å². The van der Waals surface area contributed by atoms with Crippen molar-refractivity contribution < 1.29 is 117 Å². The van der Waals surface area contributed by atoms with Gasteiger partial charge in [0.2, 0.25) is 0 Å². The molecule has 24 nitrogen and oxygen atoms in total. The quantitative estimate of drug-likeness (QED) is 0.0350. The number of hydrogen-bond acceptors (Lipinski definition) is 23. The van der Waals surface area contributed by atoms with Crippen molar-refractivity contribution in [3.63, 3.8) is 0 Å². The largest absolute Gasteiger partial charge is 0.479 e. The number of fused-ring (bicyclic) bond motifs is 12. The Morgan fingerprint density at radius 1 is 0.448 bits per heavy atom. The van der Waals surface area contributed by atoms with Crippen LogP contribution in [-0.4, -0.2) is 225 Å². The Balaban J connectivity index is 0.000000258. The number of carboxylic acid groups (broad SMARTS) is 1. The van der Waals surface area contributed by atoms with Crippen molar-refractivity contribution in [2.75, 3.05) is 33.0 Å². The van der Waals surface area contributed by atoms with Gasteiger partial charge >= 0.3 is 29.8 Å². The van der Waals surface area contributed by atoms with Crippen LogP contribution >= 0.6 is 0 Å². The van der Waals surface area contributed by atoms with Crippen LogP contribution in [-0.2, 0) is 71.3 Å². The fourth-order valence-corrected chi connectivity index (χ4v) is 16.7. The minimum Gasteiger partial charge on any atom is -0.479 e. The van der Waals surface area contributed by atoms with E-state index in [1.807, 2.05) is 134 Å². The van der Waals surface area contributed by atoms with Gasteiger partial charge in [-0.2, -0.15) is 0 Å². The lowest BCUT2D eigenvalue weighted by Gasteiger charge is -2.47. The molecule has 0 aliphatic carbocycles. The second-order valence-corrected chi connectivity index (χ2v) is 35.3. The summed E-state index contributed by atoms with van der Waals surface area (Å²) in [6, 6.07) is 0. The van der Waals surface area contributed by atoms with Crippen LogP contribution in [0.2, 0.25) is 0 Å². The molecule has 9 N–H and O–H groups in total. The Kier molecular flexibility index (Phi) is 44.8. The van der Waals surface area contributed by atoms with Crippen LogP contribution in [0.1, 0.15) is 192 Å². The van der Waals surface area contributed by atoms with Gasteiger partial charge in [0.15, 0.2) is 12.2 Å². The summed E-state index contributed by atoms with van der Waals surface area (Å²) in [6.07, 6.45) is 62.8. The van der Waals surface area contributed by atoms with Crippen molar-refractivity contribution >= 4 is 29.8 Å². The Hall–Kier alpha value is -7.89. The molecule has 12 bridgehead atoms. The molecule has 26 atom stereocenters. The van der Waals surface area contributed by atoms with Crippen molar-refractivity contribution in [1.29, 1.82) is 0 Å². The first-order chi connectivity index (χ1) is 59.9. The molecule has 0 spiro atoms. The number of aliphatic carboxylic acids is 1. The fourth-order valence-electron chi connectivity index (χ4n) is 16.7. The number of aliphatic hydroxyl groups excluding tert-OH is 8. The van der Waals surface area contributed by atoms with Crippen molar-refractivity contribution in [2.45, 2.75) is 308 Å². The number of esters is 4. The minimum absolute atomic E-state index is 0.00781. The lowest BCUT2D eigenvalue weighted by Crippen LogP contribution is -2.55. The van der Waals surface area contributed by atoms with Crippen LogP contribution in [0.4, 0.5) is 0 Å². The molecule has 9 aliphatic rings. The molecule has 24 heteroatoms. The lowest BCUT2D eigenvalue weighted by atomic mass is 9.73. The van der Waals surface area contributed by atoms with Gasteiger partial charge in [0.25, 0.3) is 0 Å². The molecule has 692 valence electrons. The number of carbonyl (C=O) groups excluding carboxylic acids is 4. The number of rotatable bonds is 18. The van der Waals surface area contributed by atoms with E-state index in [2.05, 4.69) is 63.3 Å². The summed E-state index contributed by atoms with van der Waals surface area (Å²) in [4.78, 5) is 61.1. The van der Waals surface area contributed by atoms with Crippen LogP contribution in [0.25, 0.3) is 0 Å². The van der Waals surface area contributed by atoms with E-state index < -0.39 is 101 Å². The molecule has 9 rings (SSSR count). The zero-order valence-electron chi connectivity index (χ0n) is 75.2. The smallest absolute Gasteiger partial charge is 0.335 e. The van der Waals surface area contributed by atoms with Crippen LogP contribution < -0.4 is 0 Å². The molecule has 9 heterocycles. The van der Waals surface area contributed by atoms with Gasteiger partial charge in [-0.1, -0.05) is 247 Å². The predicted octanol–water partition coefficient (Wildman–Crippen LogP) is 14.2. The van der Waals surface area contributed by atoms with E-state index in [0.29, 0.717) is 102 Å². The number of allylic oxidation sites excluding steroid dienone is 18.